The fraction of sp³-hybridized carbons (Fsp3) is 0.286. The summed E-state index contributed by atoms with van der Waals surface area (Å²) >= 11 is 0. The van der Waals surface area contributed by atoms with Crippen molar-refractivity contribution in [1.29, 1.82) is 0 Å². The van der Waals surface area contributed by atoms with Gasteiger partial charge in [-0.25, -0.2) is 0 Å². The van der Waals surface area contributed by atoms with Crippen LogP contribution in [0.2, 0.25) is 0 Å². The van der Waals surface area contributed by atoms with Gasteiger partial charge in [0.15, 0.2) is 5.96 Å². The fourth-order valence-electron chi connectivity index (χ4n) is 2.90. The molecule has 2 aromatic rings. The van der Waals surface area contributed by atoms with Crippen molar-refractivity contribution in [1.82, 2.24) is 10.6 Å². The zero-order valence-electron chi connectivity index (χ0n) is 15.7. The highest BCUT2D eigenvalue weighted by atomic mass is 127. The minimum atomic E-state index is -4.37. The van der Waals surface area contributed by atoms with Crippen molar-refractivity contribution in [2.24, 2.45) is 4.99 Å². The van der Waals surface area contributed by atoms with E-state index in [1.807, 2.05) is 24.3 Å². The van der Waals surface area contributed by atoms with Gasteiger partial charge in [0.2, 0.25) is 0 Å². The van der Waals surface area contributed by atoms with Crippen LogP contribution in [0.15, 0.2) is 53.5 Å². The van der Waals surface area contributed by atoms with Gasteiger partial charge in [-0.05, 0) is 24.3 Å². The van der Waals surface area contributed by atoms with Crippen LogP contribution >= 0.6 is 24.0 Å². The molecule has 4 nitrogen and oxygen atoms in total. The van der Waals surface area contributed by atoms with Gasteiger partial charge in [0, 0.05) is 24.6 Å². The maximum absolute atomic E-state index is 12.7. The lowest BCUT2D eigenvalue weighted by Crippen LogP contribution is -2.41. The predicted molar refractivity (Wildman–Crippen MR) is 118 cm³/mol. The molecule has 1 aliphatic rings. The molecule has 0 radical (unpaired) electrons. The van der Waals surface area contributed by atoms with Gasteiger partial charge in [-0.15, -0.1) is 24.0 Å². The Balaban J connectivity index is 0.00000300. The second-order valence-corrected chi connectivity index (χ2v) is 6.18. The SMILES string of the molecule is CN=C(NCC#Cc1cccc(C(F)(F)F)c1)NC1CCOc2ccccc21.I. The average Bonchev–Trinajstić information content (AvgIpc) is 2.70. The lowest BCUT2D eigenvalue weighted by molar-refractivity contribution is -0.137. The summed E-state index contributed by atoms with van der Waals surface area (Å²) in [4.78, 5) is 4.18. The number of para-hydroxylation sites is 1. The van der Waals surface area contributed by atoms with Gasteiger partial charge in [-0.3, -0.25) is 4.99 Å². The van der Waals surface area contributed by atoms with Crippen LogP contribution in [0.3, 0.4) is 0 Å². The molecule has 0 aromatic heterocycles. The monoisotopic (exact) mass is 515 g/mol. The van der Waals surface area contributed by atoms with Gasteiger partial charge < -0.3 is 15.4 Å². The van der Waals surface area contributed by atoms with Crippen LogP contribution in [0.5, 0.6) is 5.75 Å². The molecule has 0 saturated carbocycles. The number of aliphatic imine (C=N–C) groups is 1. The Labute approximate surface area is 185 Å². The second kappa shape index (κ2) is 10.4. The van der Waals surface area contributed by atoms with Crippen molar-refractivity contribution >= 4 is 29.9 Å². The average molecular weight is 515 g/mol. The molecule has 1 aliphatic heterocycles. The molecule has 0 saturated heterocycles. The smallest absolute Gasteiger partial charge is 0.416 e. The molecule has 1 heterocycles. The van der Waals surface area contributed by atoms with Crippen LogP contribution in [-0.2, 0) is 6.18 Å². The van der Waals surface area contributed by atoms with E-state index in [1.54, 1.807) is 13.1 Å². The minimum Gasteiger partial charge on any atom is -0.493 e. The molecule has 29 heavy (non-hydrogen) atoms. The number of guanidine groups is 1. The van der Waals surface area contributed by atoms with Crippen LogP contribution in [-0.4, -0.2) is 26.2 Å². The highest BCUT2D eigenvalue weighted by Crippen LogP contribution is 2.31. The Morgan fingerprint density at radius 2 is 2.00 bits per heavy atom. The minimum absolute atomic E-state index is 0. The van der Waals surface area contributed by atoms with Gasteiger partial charge >= 0.3 is 6.18 Å². The van der Waals surface area contributed by atoms with E-state index in [0.717, 1.165) is 29.9 Å². The number of nitrogens with zero attached hydrogens (tertiary/aromatic N) is 1. The normalized spacial score (nSPS) is 15.7. The number of fused-ring (bicyclic) bond motifs is 1. The molecular formula is C21H21F3IN3O. The molecule has 0 spiro atoms. The van der Waals surface area contributed by atoms with Crippen LogP contribution in [0.1, 0.15) is 29.2 Å². The maximum Gasteiger partial charge on any atom is 0.416 e. The van der Waals surface area contributed by atoms with E-state index in [4.69, 9.17) is 4.74 Å². The first-order valence-corrected chi connectivity index (χ1v) is 8.82. The summed E-state index contributed by atoms with van der Waals surface area (Å²) < 4.78 is 43.9. The highest BCUT2D eigenvalue weighted by molar-refractivity contribution is 14.0. The van der Waals surface area contributed by atoms with E-state index in [0.29, 0.717) is 18.1 Å². The predicted octanol–water partition coefficient (Wildman–Crippen LogP) is 4.36. The molecule has 1 atom stereocenters. The van der Waals surface area contributed by atoms with Gasteiger partial charge in [0.25, 0.3) is 0 Å². The van der Waals surface area contributed by atoms with Crippen LogP contribution in [0, 0.1) is 11.8 Å². The Morgan fingerprint density at radius 3 is 2.76 bits per heavy atom. The quantitative estimate of drug-likeness (QED) is 0.271. The third-order valence-corrected chi connectivity index (χ3v) is 4.26. The Kier molecular flexibility index (Phi) is 8.20. The summed E-state index contributed by atoms with van der Waals surface area (Å²) in [5, 5.41) is 6.40. The first-order valence-electron chi connectivity index (χ1n) is 8.82. The lowest BCUT2D eigenvalue weighted by atomic mass is 10.0. The third-order valence-electron chi connectivity index (χ3n) is 4.26. The summed E-state index contributed by atoms with van der Waals surface area (Å²) in [5.41, 5.74) is 0.674. The van der Waals surface area contributed by atoms with Crippen molar-refractivity contribution in [3.05, 3.63) is 65.2 Å². The Bertz CT molecular complexity index is 919. The number of halogens is 4. The number of alkyl halides is 3. The zero-order valence-corrected chi connectivity index (χ0v) is 18.0. The van der Waals surface area contributed by atoms with Crippen LogP contribution in [0.4, 0.5) is 13.2 Å². The molecule has 1 unspecified atom stereocenters. The number of rotatable bonds is 2. The number of ether oxygens (including phenoxy) is 1. The van der Waals surface area contributed by atoms with E-state index in [2.05, 4.69) is 27.5 Å². The van der Waals surface area contributed by atoms with Crippen molar-refractivity contribution in [3.63, 3.8) is 0 Å². The van der Waals surface area contributed by atoms with Crippen LogP contribution in [0.25, 0.3) is 0 Å². The summed E-state index contributed by atoms with van der Waals surface area (Å²) in [5.74, 6) is 6.99. The molecule has 0 fully saturated rings. The van der Waals surface area contributed by atoms with Gasteiger partial charge in [0.1, 0.15) is 5.75 Å². The van der Waals surface area contributed by atoms with E-state index < -0.39 is 11.7 Å². The highest BCUT2D eigenvalue weighted by Gasteiger charge is 2.30. The molecule has 154 valence electrons. The second-order valence-electron chi connectivity index (χ2n) is 6.18. The maximum atomic E-state index is 12.7. The molecule has 2 N–H and O–H groups in total. The van der Waals surface area contributed by atoms with Crippen molar-refractivity contribution in [3.8, 4) is 17.6 Å². The van der Waals surface area contributed by atoms with Gasteiger partial charge in [0.05, 0.1) is 24.8 Å². The summed E-state index contributed by atoms with van der Waals surface area (Å²) in [6.07, 6.45) is -3.57. The molecule has 0 bridgehead atoms. The lowest BCUT2D eigenvalue weighted by Gasteiger charge is -2.27. The number of nitrogens with one attached hydrogen (secondary N) is 2. The summed E-state index contributed by atoms with van der Waals surface area (Å²) in [7, 11) is 1.65. The van der Waals surface area contributed by atoms with Crippen molar-refractivity contribution < 1.29 is 17.9 Å². The number of hydrogen-bond acceptors (Lipinski definition) is 2. The Hall–Kier alpha value is -2.41. The molecule has 0 amide bonds. The molecular weight excluding hydrogens is 494 g/mol. The Morgan fingerprint density at radius 1 is 1.21 bits per heavy atom. The fourth-order valence-corrected chi connectivity index (χ4v) is 2.90. The molecule has 3 rings (SSSR count). The molecule has 0 aliphatic carbocycles. The van der Waals surface area contributed by atoms with E-state index in [9.17, 15) is 13.2 Å². The summed E-state index contributed by atoms with van der Waals surface area (Å²) in [6, 6.07) is 12.9. The topological polar surface area (TPSA) is 45.7 Å². The third kappa shape index (κ3) is 6.29. The van der Waals surface area contributed by atoms with E-state index in [1.165, 1.54) is 6.07 Å². The largest absolute Gasteiger partial charge is 0.493 e. The van der Waals surface area contributed by atoms with Crippen molar-refractivity contribution in [2.45, 2.75) is 18.6 Å². The molecule has 2 aromatic carbocycles. The first kappa shape index (κ1) is 22.9. The van der Waals surface area contributed by atoms with E-state index >= 15 is 0 Å². The molecule has 8 heteroatoms. The summed E-state index contributed by atoms with van der Waals surface area (Å²) in [6.45, 7) is 0.863. The van der Waals surface area contributed by atoms with Gasteiger partial charge in [-0.2, -0.15) is 13.2 Å². The van der Waals surface area contributed by atoms with Gasteiger partial charge in [-0.1, -0.05) is 36.1 Å². The standard InChI is InChI=1S/C21H20F3N3O.HI/c1-25-20(27-18-11-13-28-19-10-3-2-9-17(18)19)26-12-5-7-15-6-4-8-16(14-15)21(22,23)24;/h2-4,6,8-10,14,18H,11-13H2,1H3,(H2,25,26,27);1H. The number of benzene rings is 2. The van der Waals surface area contributed by atoms with Crippen molar-refractivity contribution in [2.75, 3.05) is 20.2 Å². The van der Waals surface area contributed by atoms with E-state index in [-0.39, 0.29) is 36.6 Å². The zero-order chi connectivity index (χ0) is 20.0. The first-order chi connectivity index (χ1) is 13.5. The van der Waals surface area contributed by atoms with Crippen LogP contribution < -0.4 is 15.4 Å². The number of hydrogen-bond donors (Lipinski definition) is 2.